The third-order valence-electron chi connectivity index (χ3n) is 3.35. The largest absolute Gasteiger partial charge is 0.396 e. The summed E-state index contributed by atoms with van der Waals surface area (Å²) in [5.74, 6) is 0. The van der Waals surface area contributed by atoms with E-state index in [2.05, 4.69) is 4.90 Å². The van der Waals surface area contributed by atoms with E-state index in [4.69, 9.17) is 14.6 Å². The number of aliphatic hydroxyl groups excluding tert-OH is 2. The van der Waals surface area contributed by atoms with E-state index < -0.39 is 0 Å². The second-order valence-electron chi connectivity index (χ2n) is 4.84. The van der Waals surface area contributed by atoms with Gasteiger partial charge in [-0.15, -0.1) is 0 Å². The van der Waals surface area contributed by atoms with Crippen molar-refractivity contribution >= 4 is 0 Å². The van der Waals surface area contributed by atoms with Crippen molar-refractivity contribution in [2.75, 3.05) is 59.8 Å². The van der Waals surface area contributed by atoms with Gasteiger partial charge in [0.05, 0.1) is 26.4 Å². The predicted octanol–water partition coefficient (Wildman–Crippen LogP) is -0.284. The van der Waals surface area contributed by atoms with E-state index in [1.807, 2.05) is 7.05 Å². The van der Waals surface area contributed by atoms with E-state index in [0.29, 0.717) is 13.2 Å². The highest BCUT2D eigenvalue weighted by Gasteiger charge is 2.32. The fraction of sp³-hybridized carbons (Fsp3) is 1.00. The Hall–Kier alpha value is -0.200. The van der Waals surface area contributed by atoms with Gasteiger partial charge in [-0.1, -0.05) is 0 Å². The Morgan fingerprint density at radius 2 is 1.94 bits per heavy atom. The molecule has 0 saturated carbocycles. The monoisotopic (exact) mass is 247 g/mol. The van der Waals surface area contributed by atoms with Gasteiger partial charge in [-0.2, -0.15) is 0 Å². The summed E-state index contributed by atoms with van der Waals surface area (Å²) in [5.41, 5.74) is -0.00994. The summed E-state index contributed by atoms with van der Waals surface area (Å²) in [7, 11) is 2.04. The van der Waals surface area contributed by atoms with Crippen molar-refractivity contribution in [3.63, 3.8) is 0 Å². The van der Waals surface area contributed by atoms with Gasteiger partial charge >= 0.3 is 0 Å². The Kier molecular flexibility index (Phi) is 6.99. The van der Waals surface area contributed by atoms with Crippen LogP contribution in [0.15, 0.2) is 0 Å². The summed E-state index contributed by atoms with van der Waals surface area (Å²) < 4.78 is 10.6. The molecule has 0 radical (unpaired) electrons. The third-order valence-corrected chi connectivity index (χ3v) is 3.35. The van der Waals surface area contributed by atoms with Gasteiger partial charge in [-0.3, -0.25) is 0 Å². The van der Waals surface area contributed by atoms with Crippen LogP contribution in [-0.2, 0) is 9.47 Å². The summed E-state index contributed by atoms with van der Waals surface area (Å²) in [5, 5.41) is 18.1. The molecule has 5 nitrogen and oxygen atoms in total. The van der Waals surface area contributed by atoms with Gasteiger partial charge < -0.3 is 24.6 Å². The highest BCUT2D eigenvalue weighted by molar-refractivity contribution is 4.83. The zero-order valence-electron chi connectivity index (χ0n) is 10.7. The Bertz CT molecular complexity index is 195. The maximum absolute atomic E-state index is 9.55. The third kappa shape index (κ3) is 5.31. The van der Waals surface area contributed by atoms with Crippen molar-refractivity contribution in [2.45, 2.75) is 12.8 Å². The van der Waals surface area contributed by atoms with E-state index in [0.717, 1.165) is 39.1 Å². The minimum absolute atomic E-state index is 0.00994. The van der Waals surface area contributed by atoms with Crippen molar-refractivity contribution in [3.05, 3.63) is 0 Å². The molecular weight excluding hydrogens is 222 g/mol. The average molecular weight is 247 g/mol. The molecule has 1 rings (SSSR count). The van der Waals surface area contributed by atoms with E-state index >= 15 is 0 Å². The van der Waals surface area contributed by atoms with Crippen molar-refractivity contribution in [2.24, 2.45) is 5.41 Å². The molecule has 1 fully saturated rings. The first-order valence-corrected chi connectivity index (χ1v) is 6.28. The number of aliphatic hydroxyl groups is 2. The molecule has 0 unspecified atom stereocenters. The van der Waals surface area contributed by atoms with Crippen molar-refractivity contribution in [1.82, 2.24) is 4.90 Å². The van der Waals surface area contributed by atoms with E-state index in [1.54, 1.807) is 0 Å². The minimum atomic E-state index is -0.00994. The fourth-order valence-corrected chi connectivity index (χ4v) is 2.21. The fourth-order valence-electron chi connectivity index (χ4n) is 2.21. The highest BCUT2D eigenvalue weighted by Crippen LogP contribution is 2.30. The lowest BCUT2D eigenvalue weighted by Gasteiger charge is -2.38. The lowest BCUT2D eigenvalue weighted by atomic mass is 9.80. The average Bonchev–Trinajstić information content (AvgIpc) is 2.36. The molecule has 1 aliphatic heterocycles. The summed E-state index contributed by atoms with van der Waals surface area (Å²) in [6.45, 7) is 4.49. The molecule has 2 N–H and O–H groups in total. The van der Waals surface area contributed by atoms with Crippen LogP contribution in [0.4, 0.5) is 0 Å². The second kappa shape index (κ2) is 8.00. The Morgan fingerprint density at radius 1 is 1.24 bits per heavy atom. The number of hydrogen-bond donors (Lipinski definition) is 2. The van der Waals surface area contributed by atoms with Gasteiger partial charge in [0.15, 0.2) is 0 Å². The van der Waals surface area contributed by atoms with Crippen LogP contribution in [0.5, 0.6) is 0 Å². The normalized spacial score (nSPS) is 19.8. The van der Waals surface area contributed by atoms with Gasteiger partial charge in [-0.25, -0.2) is 0 Å². The number of likely N-dealkylation sites (N-methyl/N-ethyl adjacent to an activating group) is 1. The molecule has 0 aliphatic carbocycles. The molecule has 1 aliphatic rings. The molecular formula is C12H25NO4. The molecule has 0 bridgehead atoms. The molecule has 0 aromatic carbocycles. The van der Waals surface area contributed by atoms with Crippen LogP contribution in [0.2, 0.25) is 0 Å². The smallest absolute Gasteiger partial charge is 0.0698 e. The lowest BCUT2D eigenvalue weighted by Crippen LogP contribution is -2.43. The van der Waals surface area contributed by atoms with Crippen molar-refractivity contribution in [3.8, 4) is 0 Å². The first-order valence-electron chi connectivity index (χ1n) is 6.28. The predicted molar refractivity (Wildman–Crippen MR) is 65.0 cm³/mol. The molecule has 0 aromatic heterocycles. The number of rotatable bonds is 8. The molecule has 17 heavy (non-hydrogen) atoms. The quantitative estimate of drug-likeness (QED) is 0.578. The minimum Gasteiger partial charge on any atom is -0.396 e. The van der Waals surface area contributed by atoms with Crippen LogP contribution in [0.3, 0.4) is 0 Å². The summed E-state index contributed by atoms with van der Waals surface area (Å²) in [6.07, 6.45) is 1.84. The maximum Gasteiger partial charge on any atom is 0.0698 e. The zero-order valence-corrected chi connectivity index (χ0v) is 10.7. The number of hydrogen-bond acceptors (Lipinski definition) is 5. The number of ether oxygens (including phenoxy) is 2. The van der Waals surface area contributed by atoms with Crippen molar-refractivity contribution < 1.29 is 19.7 Å². The van der Waals surface area contributed by atoms with E-state index in [1.165, 1.54) is 0 Å². The molecule has 102 valence electrons. The molecule has 0 aromatic rings. The van der Waals surface area contributed by atoms with Crippen LogP contribution >= 0.6 is 0 Å². The van der Waals surface area contributed by atoms with Crippen LogP contribution in [0.25, 0.3) is 0 Å². The molecule has 0 spiro atoms. The van der Waals surface area contributed by atoms with Crippen LogP contribution in [0.1, 0.15) is 12.8 Å². The summed E-state index contributed by atoms with van der Waals surface area (Å²) in [4.78, 5) is 2.18. The topological polar surface area (TPSA) is 62.2 Å². The zero-order chi connectivity index (χ0) is 12.6. The maximum atomic E-state index is 9.55. The van der Waals surface area contributed by atoms with Gasteiger partial charge in [0, 0.05) is 31.7 Å². The summed E-state index contributed by atoms with van der Waals surface area (Å²) in [6, 6.07) is 0. The first kappa shape index (κ1) is 14.9. The Balaban J connectivity index is 2.24. The lowest BCUT2D eigenvalue weighted by molar-refractivity contribution is -0.0340. The van der Waals surface area contributed by atoms with Crippen molar-refractivity contribution in [1.29, 1.82) is 0 Å². The molecule has 5 heteroatoms. The van der Waals surface area contributed by atoms with Crippen LogP contribution in [-0.4, -0.2) is 74.9 Å². The molecule has 0 amide bonds. The van der Waals surface area contributed by atoms with E-state index in [9.17, 15) is 5.11 Å². The second-order valence-corrected chi connectivity index (χ2v) is 4.84. The van der Waals surface area contributed by atoms with Crippen LogP contribution < -0.4 is 0 Å². The highest BCUT2D eigenvalue weighted by atomic mass is 16.5. The molecule has 1 saturated heterocycles. The van der Waals surface area contributed by atoms with Gasteiger partial charge in [0.1, 0.15) is 0 Å². The Labute approximate surface area is 103 Å². The van der Waals surface area contributed by atoms with Gasteiger partial charge in [-0.05, 0) is 19.9 Å². The first-order chi connectivity index (χ1) is 8.22. The standard InChI is InChI=1S/C12H25NO4/c1-13(4-8-17-9-5-14)10-12(11-15)2-6-16-7-3-12/h14-15H,2-11H2,1H3. The summed E-state index contributed by atoms with van der Waals surface area (Å²) >= 11 is 0. The van der Waals surface area contributed by atoms with Crippen LogP contribution in [0, 0.1) is 5.41 Å². The number of nitrogens with zero attached hydrogens (tertiary/aromatic N) is 1. The molecule has 1 heterocycles. The van der Waals surface area contributed by atoms with Gasteiger partial charge in [0.2, 0.25) is 0 Å². The Morgan fingerprint density at radius 3 is 2.53 bits per heavy atom. The van der Waals surface area contributed by atoms with Gasteiger partial charge in [0.25, 0.3) is 0 Å². The molecule has 0 atom stereocenters. The van der Waals surface area contributed by atoms with E-state index in [-0.39, 0.29) is 18.6 Å². The SMILES string of the molecule is CN(CCOCCO)CC1(CO)CCOCC1.